The lowest BCUT2D eigenvalue weighted by Gasteiger charge is -1.99. The summed E-state index contributed by atoms with van der Waals surface area (Å²) < 4.78 is 0.0783. The lowest BCUT2D eigenvalue weighted by atomic mass is 10.4. The van der Waals surface area contributed by atoms with Gasteiger partial charge in [0.15, 0.2) is 0 Å². The predicted octanol–water partition coefficient (Wildman–Crippen LogP) is -0.187. The number of H-pyrrole nitrogens is 1. The molecule has 0 aromatic carbocycles. The summed E-state index contributed by atoms with van der Waals surface area (Å²) in [5, 5.41) is 8.53. The number of carbonyl (C=O) groups is 1. The minimum atomic E-state index is -1.27. The van der Waals surface area contributed by atoms with E-state index in [0.29, 0.717) is 0 Å². The van der Waals surface area contributed by atoms with Gasteiger partial charge in [-0.2, -0.15) is 4.98 Å². The molecule has 6 nitrogen and oxygen atoms in total. The smallest absolute Gasteiger partial charge is 0.353 e. The summed E-state index contributed by atoms with van der Waals surface area (Å²) in [6.07, 6.45) is 0. The number of nitrogens with zero attached hydrogens (tertiary/aromatic N) is 1. The van der Waals surface area contributed by atoms with Crippen molar-refractivity contribution in [2.24, 2.45) is 0 Å². The third-order valence-electron chi connectivity index (χ3n) is 1.11. The second-order valence-electron chi connectivity index (χ2n) is 1.92. The van der Waals surface area contributed by atoms with Crippen molar-refractivity contribution in [1.29, 1.82) is 0 Å². The number of hydrogen-bond acceptors (Lipinski definition) is 4. The summed E-state index contributed by atoms with van der Waals surface area (Å²) >= 11 is 2.88. The van der Waals surface area contributed by atoms with Gasteiger partial charge in [-0.15, -0.1) is 0 Å². The lowest BCUT2D eigenvalue weighted by molar-refractivity contribution is 0.0689. The van der Waals surface area contributed by atoms with Crippen molar-refractivity contribution in [3.63, 3.8) is 0 Å². The molecular weight excluding hydrogens is 230 g/mol. The van der Waals surface area contributed by atoms with Crippen molar-refractivity contribution in [2.45, 2.75) is 0 Å². The number of nitrogens with two attached hydrogens (primary N) is 1. The fraction of sp³-hybridized carbons (Fsp3) is 0. The summed E-state index contributed by atoms with van der Waals surface area (Å²) in [5.41, 5.74) is 4.14. The first-order valence-corrected chi connectivity index (χ1v) is 3.60. The number of aromatic amines is 1. The molecule has 0 unspecified atom stereocenters. The monoisotopic (exact) mass is 233 g/mol. The molecule has 1 rings (SSSR count). The largest absolute Gasteiger partial charge is 0.477 e. The van der Waals surface area contributed by atoms with E-state index in [-0.39, 0.29) is 16.0 Å². The Labute approximate surface area is 74.6 Å². The summed E-state index contributed by atoms with van der Waals surface area (Å²) in [6.45, 7) is 0. The van der Waals surface area contributed by atoms with Crippen LogP contribution in [0.25, 0.3) is 0 Å². The summed E-state index contributed by atoms with van der Waals surface area (Å²) in [4.78, 5) is 26.4. The number of nitrogen functional groups attached to an aromatic ring is 1. The number of carboxylic acids is 1. The number of carboxylic acid groups (broad SMARTS) is 1. The van der Waals surface area contributed by atoms with Crippen molar-refractivity contribution in [1.82, 2.24) is 9.97 Å². The maximum atomic E-state index is 10.6. The zero-order valence-corrected chi connectivity index (χ0v) is 7.25. The van der Waals surface area contributed by atoms with Gasteiger partial charge in [-0.3, -0.25) is 4.98 Å². The van der Waals surface area contributed by atoms with Crippen LogP contribution in [0.2, 0.25) is 0 Å². The molecule has 0 bridgehead atoms. The van der Waals surface area contributed by atoms with Crippen LogP contribution in [-0.2, 0) is 0 Å². The Morgan fingerprint density at radius 3 is 2.75 bits per heavy atom. The highest BCUT2D eigenvalue weighted by Gasteiger charge is 2.12. The quantitative estimate of drug-likeness (QED) is 0.624. The van der Waals surface area contributed by atoms with Crippen LogP contribution < -0.4 is 11.4 Å². The number of halogens is 1. The van der Waals surface area contributed by atoms with Gasteiger partial charge < -0.3 is 10.8 Å². The van der Waals surface area contributed by atoms with Crippen molar-refractivity contribution < 1.29 is 9.90 Å². The molecule has 0 saturated heterocycles. The van der Waals surface area contributed by atoms with Gasteiger partial charge in [0.25, 0.3) is 0 Å². The van der Waals surface area contributed by atoms with E-state index in [1.165, 1.54) is 0 Å². The summed E-state index contributed by atoms with van der Waals surface area (Å²) in [7, 11) is 0. The fourth-order valence-electron chi connectivity index (χ4n) is 0.624. The third-order valence-corrected chi connectivity index (χ3v) is 1.91. The highest BCUT2D eigenvalue weighted by atomic mass is 79.9. The van der Waals surface area contributed by atoms with Gasteiger partial charge in [0.2, 0.25) is 0 Å². The van der Waals surface area contributed by atoms with Gasteiger partial charge in [-0.05, 0) is 15.9 Å². The van der Waals surface area contributed by atoms with E-state index >= 15 is 0 Å². The van der Waals surface area contributed by atoms with E-state index in [0.717, 1.165) is 0 Å². The highest BCUT2D eigenvalue weighted by molar-refractivity contribution is 9.10. The van der Waals surface area contributed by atoms with Crippen molar-refractivity contribution in [2.75, 3.05) is 5.73 Å². The molecule has 0 aliphatic carbocycles. The van der Waals surface area contributed by atoms with E-state index in [1.807, 2.05) is 4.98 Å². The van der Waals surface area contributed by atoms with Crippen LogP contribution in [-0.4, -0.2) is 21.0 Å². The van der Waals surface area contributed by atoms with Gasteiger partial charge >= 0.3 is 11.7 Å². The molecule has 1 heterocycles. The van der Waals surface area contributed by atoms with Crippen LogP contribution in [0.3, 0.4) is 0 Å². The van der Waals surface area contributed by atoms with Gasteiger partial charge in [0, 0.05) is 0 Å². The Hall–Kier alpha value is -1.37. The SMILES string of the molecule is Nc1nc(=O)[nH]c(C(=O)O)c1Br. The average molecular weight is 234 g/mol. The fourth-order valence-corrected chi connectivity index (χ4v) is 0.981. The molecule has 0 aliphatic heterocycles. The first kappa shape index (κ1) is 8.72. The van der Waals surface area contributed by atoms with Gasteiger partial charge in [-0.25, -0.2) is 9.59 Å². The number of rotatable bonds is 1. The second kappa shape index (κ2) is 2.94. The average Bonchev–Trinajstić information content (AvgIpc) is 1.96. The normalized spacial score (nSPS) is 9.75. The molecule has 0 atom stereocenters. The van der Waals surface area contributed by atoms with Gasteiger partial charge in [0.05, 0.1) is 4.47 Å². The lowest BCUT2D eigenvalue weighted by Crippen LogP contribution is -2.18. The summed E-state index contributed by atoms with van der Waals surface area (Å²) in [5.74, 6) is -1.41. The Kier molecular flexibility index (Phi) is 2.13. The number of aromatic carboxylic acids is 1. The van der Waals surface area contributed by atoms with Crippen molar-refractivity contribution >= 4 is 27.7 Å². The topological polar surface area (TPSA) is 109 Å². The molecule has 0 radical (unpaired) electrons. The molecule has 0 spiro atoms. The number of anilines is 1. The Bertz CT molecular complexity index is 386. The van der Waals surface area contributed by atoms with E-state index in [2.05, 4.69) is 20.9 Å². The van der Waals surface area contributed by atoms with E-state index in [9.17, 15) is 9.59 Å². The molecule has 7 heteroatoms. The molecule has 0 fully saturated rings. The Morgan fingerprint density at radius 2 is 2.25 bits per heavy atom. The number of aromatic nitrogens is 2. The van der Waals surface area contributed by atoms with Gasteiger partial charge in [0.1, 0.15) is 11.5 Å². The highest BCUT2D eigenvalue weighted by Crippen LogP contribution is 2.17. The van der Waals surface area contributed by atoms with Crippen LogP contribution in [0.4, 0.5) is 5.82 Å². The van der Waals surface area contributed by atoms with Crippen LogP contribution in [0, 0.1) is 0 Å². The zero-order valence-electron chi connectivity index (χ0n) is 5.67. The number of hydrogen-bond donors (Lipinski definition) is 3. The van der Waals surface area contributed by atoms with Crippen molar-refractivity contribution in [3.8, 4) is 0 Å². The minimum absolute atomic E-state index is 0.0783. The third kappa shape index (κ3) is 1.45. The molecule has 64 valence electrons. The first-order valence-electron chi connectivity index (χ1n) is 2.81. The van der Waals surface area contributed by atoms with E-state index < -0.39 is 11.7 Å². The zero-order chi connectivity index (χ0) is 9.30. The predicted molar refractivity (Wildman–Crippen MR) is 43.9 cm³/mol. The van der Waals surface area contributed by atoms with Crippen LogP contribution in [0.5, 0.6) is 0 Å². The molecule has 12 heavy (non-hydrogen) atoms. The van der Waals surface area contributed by atoms with E-state index in [1.54, 1.807) is 0 Å². The molecule has 1 aromatic heterocycles. The van der Waals surface area contributed by atoms with Crippen LogP contribution in [0.1, 0.15) is 10.5 Å². The Balaban J connectivity index is 3.48. The maximum absolute atomic E-state index is 10.6. The minimum Gasteiger partial charge on any atom is -0.477 e. The maximum Gasteiger partial charge on any atom is 0.353 e. The molecular formula is C5H4BrN3O3. The van der Waals surface area contributed by atoms with E-state index in [4.69, 9.17) is 10.8 Å². The molecule has 4 N–H and O–H groups in total. The summed E-state index contributed by atoms with van der Waals surface area (Å²) in [6, 6.07) is 0. The number of nitrogens with one attached hydrogen (secondary N) is 1. The second-order valence-corrected chi connectivity index (χ2v) is 2.71. The van der Waals surface area contributed by atoms with Crippen molar-refractivity contribution in [3.05, 3.63) is 20.7 Å². The standard InChI is InChI=1S/C5H4BrN3O3/c6-1-2(4(10)11)8-5(12)9-3(1)7/h(H,10,11)(H3,7,8,9,12). The van der Waals surface area contributed by atoms with Crippen LogP contribution in [0.15, 0.2) is 9.27 Å². The molecule has 0 amide bonds. The molecule has 1 aromatic rings. The van der Waals surface area contributed by atoms with Gasteiger partial charge in [-0.1, -0.05) is 0 Å². The van der Waals surface area contributed by atoms with Crippen LogP contribution >= 0.6 is 15.9 Å². The Morgan fingerprint density at radius 1 is 1.67 bits per heavy atom. The molecule has 0 aliphatic rings. The molecule has 0 saturated carbocycles. The first-order chi connectivity index (χ1) is 5.52.